The van der Waals surface area contributed by atoms with Crippen molar-refractivity contribution in [2.75, 3.05) is 19.2 Å². The van der Waals surface area contributed by atoms with E-state index in [4.69, 9.17) is 16.4 Å². The Hall–Kier alpha value is -1.63. The number of amides is 2. The lowest BCUT2D eigenvalue weighted by atomic mass is 10.1. The molecule has 94 valence electrons. The molecule has 0 saturated carbocycles. The number of nitrogens with two attached hydrogens (primary N) is 2. The van der Waals surface area contributed by atoms with Gasteiger partial charge in [0.25, 0.3) is 0 Å². The molecule has 0 aliphatic heterocycles. The van der Waals surface area contributed by atoms with Gasteiger partial charge in [-0.25, -0.2) is 21.5 Å². The highest BCUT2D eigenvalue weighted by Crippen LogP contribution is 2.23. The smallest absolute Gasteiger partial charge is 0.352 e. The summed E-state index contributed by atoms with van der Waals surface area (Å²) in [6.45, 7) is 2.32. The molecule has 0 saturated heterocycles. The lowest BCUT2D eigenvalue weighted by molar-refractivity contribution is 0.184. The van der Waals surface area contributed by atoms with E-state index in [1.807, 2.05) is 19.1 Å². The zero-order valence-electron chi connectivity index (χ0n) is 10.3. The van der Waals surface area contributed by atoms with Crippen molar-refractivity contribution in [3.63, 3.8) is 0 Å². The SMILES string of the molecule is COCc1c(C)cccc1N(N)C(=O)N(C)N. The van der Waals surface area contributed by atoms with Gasteiger partial charge in [-0.05, 0) is 18.6 Å². The highest BCUT2D eigenvalue weighted by molar-refractivity contribution is 5.91. The van der Waals surface area contributed by atoms with Gasteiger partial charge in [-0.2, -0.15) is 0 Å². The maximum Gasteiger partial charge on any atom is 0.352 e. The summed E-state index contributed by atoms with van der Waals surface area (Å²) in [7, 11) is 3.03. The van der Waals surface area contributed by atoms with E-state index in [9.17, 15) is 4.79 Å². The number of benzene rings is 1. The molecule has 1 rings (SSSR count). The molecule has 0 radical (unpaired) electrons. The Labute approximate surface area is 101 Å². The number of methoxy groups -OCH3 is 1. The molecular weight excluding hydrogens is 220 g/mol. The van der Waals surface area contributed by atoms with Crippen molar-refractivity contribution < 1.29 is 9.53 Å². The second-order valence-electron chi connectivity index (χ2n) is 3.77. The van der Waals surface area contributed by atoms with E-state index in [-0.39, 0.29) is 0 Å². The first-order chi connectivity index (χ1) is 7.99. The van der Waals surface area contributed by atoms with Crippen LogP contribution in [0.1, 0.15) is 11.1 Å². The third-order valence-corrected chi connectivity index (χ3v) is 2.44. The van der Waals surface area contributed by atoms with Crippen LogP contribution in [0.4, 0.5) is 10.5 Å². The van der Waals surface area contributed by atoms with Crippen LogP contribution in [-0.4, -0.2) is 25.2 Å². The Morgan fingerprint density at radius 1 is 1.41 bits per heavy atom. The van der Waals surface area contributed by atoms with Crippen molar-refractivity contribution in [3.8, 4) is 0 Å². The normalized spacial score (nSPS) is 10.2. The first-order valence-electron chi connectivity index (χ1n) is 5.13. The predicted molar refractivity (Wildman–Crippen MR) is 65.9 cm³/mol. The van der Waals surface area contributed by atoms with Crippen LogP contribution in [0.25, 0.3) is 0 Å². The third-order valence-electron chi connectivity index (χ3n) is 2.44. The van der Waals surface area contributed by atoms with Crippen LogP contribution >= 0.6 is 0 Å². The third kappa shape index (κ3) is 2.94. The van der Waals surface area contributed by atoms with E-state index < -0.39 is 6.03 Å². The van der Waals surface area contributed by atoms with E-state index in [1.165, 1.54) is 7.05 Å². The highest BCUT2D eigenvalue weighted by Gasteiger charge is 2.18. The minimum absolute atomic E-state index is 0.386. The average Bonchev–Trinajstić information content (AvgIpc) is 2.30. The number of carbonyl (C=O) groups excluding carboxylic acids is 1. The van der Waals surface area contributed by atoms with E-state index in [0.717, 1.165) is 21.1 Å². The Morgan fingerprint density at radius 2 is 2.06 bits per heavy atom. The van der Waals surface area contributed by atoms with Crippen molar-refractivity contribution in [2.24, 2.45) is 11.7 Å². The van der Waals surface area contributed by atoms with Gasteiger partial charge in [0.2, 0.25) is 0 Å². The standard InChI is InChI=1S/C11H18N4O2/c1-8-5-4-6-10(9(8)7-17-3)15(13)11(16)14(2)12/h4-6H,7,12-13H2,1-3H3. The molecule has 0 unspecified atom stereocenters. The van der Waals surface area contributed by atoms with Crippen LogP contribution in [0.15, 0.2) is 18.2 Å². The number of urea groups is 1. The Balaban J connectivity index is 3.12. The molecule has 1 aromatic carbocycles. The maximum absolute atomic E-state index is 11.7. The van der Waals surface area contributed by atoms with E-state index >= 15 is 0 Å². The largest absolute Gasteiger partial charge is 0.380 e. The van der Waals surface area contributed by atoms with Crippen LogP contribution in [0, 0.1) is 6.92 Å². The van der Waals surface area contributed by atoms with Crippen LogP contribution in [0.5, 0.6) is 0 Å². The maximum atomic E-state index is 11.7. The number of hydrogen-bond donors (Lipinski definition) is 2. The van der Waals surface area contributed by atoms with Gasteiger partial charge in [0, 0.05) is 19.7 Å². The summed E-state index contributed by atoms with van der Waals surface area (Å²) in [4.78, 5) is 11.7. The van der Waals surface area contributed by atoms with Crippen LogP contribution in [0.2, 0.25) is 0 Å². The monoisotopic (exact) mass is 238 g/mol. The van der Waals surface area contributed by atoms with E-state index in [2.05, 4.69) is 0 Å². The summed E-state index contributed by atoms with van der Waals surface area (Å²) in [5.74, 6) is 11.1. The van der Waals surface area contributed by atoms with Gasteiger partial charge in [-0.1, -0.05) is 12.1 Å². The van der Waals surface area contributed by atoms with Crippen molar-refractivity contribution in [1.82, 2.24) is 5.01 Å². The summed E-state index contributed by atoms with van der Waals surface area (Å²) in [6, 6.07) is 5.02. The van der Waals surface area contributed by atoms with Crippen LogP contribution in [0.3, 0.4) is 0 Å². The van der Waals surface area contributed by atoms with E-state index in [0.29, 0.717) is 12.3 Å². The topological polar surface area (TPSA) is 84.8 Å². The first-order valence-corrected chi connectivity index (χ1v) is 5.13. The number of rotatable bonds is 3. The minimum atomic E-state index is -0.493. The van der Waals surface area contributed by atoms with Crippen molar-refractivity contribution >= 4 is 11.7 Å². The van der Waals surface area contributed by atoms with Crippen molar-refractivity contribution in [1.29, 1.82) is 0 Å². The lowest BCUT2D eigenvalue weighted by Gasteiger charge is -2.23. The molecule has 0 spiro atoms. The second-order valence-corrected chi connectivity index (χ2v) is 3.77. The molecule has 6 heteroatoms. The molecule has 0 aromatic heterocycles. The predicted octanol–water partition coefficient (Wildman–Crippen LogP) is 0.747. The number of hydrogen-bond acceptors (Lipinski definition) is 4. The Kier molecular flexibility index (Phi) is 4.45. The molecule has 0 aliphatic carbocycles. The fourth-order valence-electron chi connectivity index (χ4n) is 1.52. The summed E-state index contributed by atoms with van der Waals surface area (Å²) in [5, 5.41) is 1.94. The molecule has 6 nitrogen and oxygen atoms in total. The molecule has 2 amide bonds. The molecule has 0 heterocycles. The van der Waals surface area contributed by atoms with Crippen molar-refractivity contribution in [3.05, 3.63) is 29.3 Å². The molecule has 4 N–H and O–H groups in total. The Morgan fingerprint density at radius 3 is 2.59 bits per heavy atom. The van der Waals surface area contributed by atoms with Gasteiger partial charge < -0.3 is 4.74 Å². The minimum Gasteiger partial charge on any atom is -0.380 e. The van der Waals surface area contributed by atoms with Gasteiger partial charge in [0.1, 0.15) is 0 Å². The van der Waals surface area contributed by atoms with Gasteiger partial charge in [0.05, 0.1) is 12.3 Å². The fourth-order valence-corrected chi connectivity index (χ4v) is 1.52. The first kappa shape index (κ1) is 13.4. The quantitative estimate of drug-likeness (QED) is 0.462. The number of aryl methyl sites for hydroxylation is 1. The summed E-state index contributed by atoms with van der Waals surface area (Å²) in [6.07, 6.45) is 0. The lowest BCUT2D eigenvalue weighted by Crippen LogP contribution is -2.49. The average molecular weight is 238 g/mol. The number of carbonyl (C=O) groups is 1. The molecule has 0 fully saturated rings. The number of nitrogens with zero attached hydrogens (tertiary/aromatic N) is 2. The van der Waals surface area contributed by atoms with Crippen LogP contribution in [-0.2, 0) is 11.3 Å². The van der Waals surface area contributed by atoms with Gasteiger partial charge in [-0.15, -0.1) is 0 Å². The molecule has 0 aliphatic rings. The molecule has 1 aromatic rings. The van der Waals surface area contributed by atoms with Crippen LogP contribution < -0.4 is 16.7 Å². The van der Waals surface area contributed by atoms with Gasteiger partial charge >= 0.3 is 6.03 Å². The second kappa shape index (κ2) is 5.62. The summed E-state index contributed by atoms with van der Waals surface area (Å²) >= 11 is 0. The zero-order valence-corrected chi connectivity index (χ0v) is 10.3. The number of ether oxygens (including phenoxy) is 1. The molecule has 0 bridgehead atoms. The molecular formula is C11H18N4O2. The number of hydrazine groups is 2. The number of anilines is 1. The van der Waals surface area contributed by atoms with Crippen molar-refractivity contribution in [2.45, 2.75) is 13.5 Å². The summed E-state index contributed by atoms with van der Waals surface area (Å²) < 4.78 is 5.10. The summed E-state index contributed by atoms with van der Waals surface area (Å²) in [5.41, 5.74) is 2.47. The molecule has 0 atom stereocenters. The Bertz CT molecular complexity index is 406. The van der Waals surface area contributed by atoms with Gasteiger partial charge in [0.15, 0.2) is 0 Å². The zero-order chi connectivity index (χ0) is 13.0. The fraction of sp³-hybridized carbons (Fsp3) is 0.364. The van der Waals surface area contributed by atoms with E-state index in [1.54, 1.807) is 13.2 Å². The highest BCUT2D eigenvalue weighted by atomic mass is 16.5. The van der Waals surface area contributed by atoms with Gasteiger partial charge in [-0.3, -0.25) is 5.01 Å². The molecule has 17 heavy (non-hydrogen) atoms.